The fraction of sp³-hybridized carbons (Fsp3) is 0.294. The molecule has 0 aliphatic heterocycles. The van der Waals surface area contributed by atoms with Crippen molar-refractivity contribution in [1.82, 2.24) is 0 Å². The van der Waals surface area contributed by atoms with Crippen molar-refractivity contribution in [3.05, 3.63) is 75.7 Å². The third-order valence-corrected chi connectivity index (χ3v) is 3.48. The number of hydrogen-bond acceptors (Lipinski definition) is 4. The molecule has 110 valence electrons. The molecule has 0 aliphatic rings. The van der Waals surface area contributed by atoms with E-state index < -0.39 is 6.10 Å². The first-order valence-corrected chi connectivity index (χ1v) is 7.00. The highest BCUT2D eigenvalue weighted by molar-refractivity contribution is 5.33. The van der Waals surface area contributed by atoms with E-state index in [2.05, 4.69) is 5.18 Å². The van der Waals surface area contributed by atoms with Gasteiger partial charge in [-0.3, -0.25) is 0 Å². The van der Waals surface area contributed by atoms with Crippen molar-refractivity contribution in [2.75, 3.05) is 13.2 Å². The molecular weight excluding hydrogens is 266 g/mol. The van der Waals surface area contributed by atoms with E-state index >= 15 is 0 Å². The van der Waals surface area contributed by atoms with Crippen molar-refractivity contribution < 1.29 is 10.2 Å². The van der Waals surface area contributed by atoms with Crippen LogP contribution >= 0.6 is 0 Å². The van der Waals surface area contributed by atoms with Crippen LogP contribution < -0.4 is 0 Å². The van der Waals surface area contributed by atoms with Gasteiger partial charge in [-0.25, -0.2) is 0 Å². The number of aliphatic hydroxyl groups is 2. The zero-order chi connectivity index (χ0) is 15.1. The second-order valence-corrected chi connectivity index (χ2v) is 4.96. The molecule has 0 amide bonds. The first-order chi connectivity index (χ1) is 10.2. The molecule has 2 aromatic rings. The monoisotopic (exact) mass is 285 g/mol. The highest BCUT2D eigenvalue weighted by Crippen LogP contribution is 2.22. The topological polar surface area (TPSA) is 69.9 Å². The predicted molar refractivity (Wildman–Crippen MR) is 82.1 cm³/mol. The molecule has 4 heteroatoms. The van der Waals surface area contributed by atoms with Crippen LogP contribution in [0.2, 0.25) is 0 Å². The smallest absolute Gasteiger partial charge is 0.104 e. The minimum absolute atomic E-state index is 0.124. The van der Waals surface area contributed by atoms with Gasteiger partial charge in [0.2, 0.25) is 0 Å². The van der Waals surface area contributed by atoms with Gasteiger partial charge in [-0.2, -0.15) is 4.91 Å². The Morgan fingerprint density at radius 3 is 1.76 bits per heavy atom. The van der Waals surface area contributed by atoms with Crippen LogP contribution in [0, 0.1) is 4.91 Å². The molecule has 0 saturated carbocycles. The summed E-state index contributed by atoms with van der Waals surface area (Å²) in [5, 5.41) is 22.1. The van der Waals surface area contributed by atoms with Crippen LogP contribution in [0.5, 0.6) is 0 Å². The van der Waals surface area contributed by atoms with Crippen LogP contribution in [0.1, 0.15) is 28.4 Å². The van der Waals surface area contributed by atoms with Gasteiger partial charge >= 0.3 is 0 Å². The van der Waals surface area contributed by atoms with E-state index in [-0.39, 0.29) is 13.2 Å². The van der Waals surface area contributed by atoms with Gasteiger partial charge in [-0.05, 0) is 35.1 Å². The number of aliphatic hydroxyl groups excluding tert-OH is 2. The number of rotatable bonds is 7. The molecule has 0 radical (unpaired) electrons. The van der Waals surface area contributed by atoms with E-state index in [1.165, 1.54) is 0 Å². The van der Waals surface area contributed by atoms with Gasteiger partial charge in [-0.1, -0.05) is 53.7 Å². The maximum Gasteiger partial charge on any atom is 0.104 e. The fourth-order valence-electron chi connectivity index (χ4n) is 2.23. The van der Waals surface area contributed by atoms with Crippen LogP contribution in [0.3, 0.4) is 0 Å². The lowest BCUT2D eigenvalue weighted by atomic mass is 9.98. The summed E-state index contributed by atoms with van der Waals surface area (Å²) < 4.78 is 0. The van der Waals surface area contributed by atoms with Crippen LogP contribution in [-0.2, 0) is 12.8 Å². The van der Waals surface area contributed by atoms with Crippen molar-refractivity contribution in [2.45, 2.75) is 18.9 Å². The Morgan fingerprint density at radius 2 is 1.33 bits per heavy atom. The molecule has 2 N–H and O–H groups in total. The van der Waals surface area contributed by atoms with Gasteiger partial charge in [0.05, 0.1) is 6.54 Å². The SMILES string of the molecule is O=NCCc1ccc(C(O)c2ccc(CCO)cc2)cc1. The lowest BCUT2D eigenvalue weighted by Crippen LogP contribution is -2.01. The molecule has 0 spiro atoms. The Hall–Kier alpha value is -2.04. The van der Waals surface area contributed by atoms with Crippen LogP contribution in [0.4, 0.5) is 0 Å². The Labute approximate surface area is 124 Å². The van der Waals surface area contributed by atoms with E-state index in [0.29, 0.717) is 12.8 Å². The summed E-state index contributed by atoms with van der Waals surface area (Å²) in [4.78, 5) is 10.1. The molecule has 0 aromatic heterocycles. The largest absolute Gasteiger partial charge is 0.396 e. The molecule has 1 atom stereocenters. The van der Waals surface area contributed by atoms with Gasteiger partial charge in [0, 0.05) is 6.61 Å². The lowest BCUT2D eigenvalue weighted by molar-refractivity contribution is 0.220. The summed E-state index contributed by atoms with van der Waals surface area (Å²) in [5.41, 5.74) is 3.71. The molecule has 0 aliphatic carbocycles. The molecule has 2 aromatic carbocycles. The first kappa shape index (κ1) is 15.4. The zero-order valence-electron chi connectivity index (χ0n) is 11.8. The van der Waals surface area contributed by atoms with Crippen LogP contribution in [0.15, 0.2) is 53.7 Å². The summed E-state index contributed by atoms with van der Waals surface area (Å²) in [5.74, 6) is 0. The first-order valence-electron chi connectivity index (χ1n) is 7.00. The van der Waals surface area contributed by atoms with E-state index in [9.17, 15) is 10.0 Å². The maximum absolute atomic E-state index is 10.4. The lowest BCUT2D eigenvalue weighted by Gasteiger charge is -2.12. The highest BCUT2D eigenvalue weighted by Gasteiger charge is 2.10. The van der Waals surface area contributed by atoms with Gasteiger partial charge in [0.1, 0.15) is 6.10 Å². The molecule has 4 nitrogen and oxygen atoms in total. The van der Waals surface area contributed by atoms with Gasteiger partial charge in [0.25, 0.3) is 0 Å². The maximum atomic E-state index is 10.4. The third kappa shape index (κ3) is 4.21. The average Bonchev–Trinajstić information content (AvgIpc) is 2.54. The predicted octanol–water partition coefficient (Wildman–Crippen LogP) is 2.61. The second kappa shape index (κ2) is 7.67. The molecule has 0 heterocycles. The quantitative estimate of drug-likeness (QED) is 0.768. The summed E-state index contributed by atoms with van der Waals surface area (Å²) in [6.07, 6.45) is 0.567. The number of nitroso groups, excluding NO2 is 1. The van der Waals surface area contributed by atoms with E-state index in [1.54, 1.807) is 0 Å². The van der Waals surface area contributed by atoms with Crippen molar-refractivity contribution in [3.8, 4) is 0 Å². The molecule has 0 fully saturated rings. The molecule has 1 unspecified atom stereocenters. The van der Waals surface area contributed by atoms with Crippen molar-refractivity contribution in [3.63, 3.8) is 0 Å². The second-order valence-electron chi connectivity index (χ2n) is 4.96. The summed E-state index contributed by atoms with van der Waals surface area (Å²) in [6.45, 7) is 0.396. The van der Waals surface area contributed by atoms with Gasteiger partial charge < -0.3 is 10.2 Å². The van der Waals surface area contributed by atoms with Crippen molar-refractivity contribution >= 4 is 0 Å². The minimum atomic E-state index is -0.675. The highest BCUT2D eigenvalue weighted by atomic mass is 16.3. The Kier molecular flexibility index (Phi) is 5.60. The molecule has 21 heavy (non-hydrogen) atoms. The average molecular weight is 285 g/mol. The van der Waals surface area contributed by atoms with Crippen LogP contribution in [0.25, 0.3) is 0 Å². The van der Waals surface area contributed by atoms with E-state index in [0.717, 1.165) is 22.3 Å². The van der Waals surface area contributed by atoms with Crippen molar-refractivity contribution in [1.29, 1.82) is 0 Å². The standard InChI is InChI=1S/C17H19NO3/c19-12-10-14-3-7-16(8-4-14)17(20)15-5-1-13(2-6-15)9-11-18-21/h1-8,17,19-20H,9-12H2. The molecule has 2 rings (SSSR count). The van der Waals surface area contributed by atoms with E-state index in [4.69, 9.17) is 5.11 Å². The summed E-state index contributed by atoms with van der Waals surface area (Å²) in [7, 11) is 0. The molecular formula is C17H19NO3. The molecule has 0 bridgehead atoms. The third-order valence-electron chi connectivity index (χ3n) is 3.48. The normalized spacial score (nSPS) is 12.1. The Bertz CT molecular complexity index is 564. The summed E-state index contributed by atoms with van der Waals surface area (Å²) >= 11 is 0. The number of hydrogen-bond donors (Lipinski definition) is 2. The Morgan fingerprint density at radius 1 is 0.857 bits per heavy atom. The van der Waals surface area contributed by atoms with Crippen molar-refractivity contribution in [2.24, 2.45) is 5.18 Å². The van der Waals surface area contributed by atoms with Gasteiger partial charge in [0.15, 0.2) is 0 Å². The van der Waals surface area contributed by atoms with Gasteiger partial charge in [-0.15, -0.1) is 0 Å². The minimum Gasteiger partial charge on any atom is -0.396 e. The fourth-order valence-corrected chi connectivity index (χ4v) is 2.23. The zero-order valence-corrected chi connectivity index (χ0v) is 11.8. The number of nitrogens with zero attached hydrogens (tertiary/aromatic N) is 1. The summed E-state index contributed by atoms with van der Waals surface area (Å²) in [6, 6.07) is 15.1. The Balaban J connectivity index is 2.07. The van der Waals surface area contributed by atoms with Crippen LogP contribution in [-0.4, -0.2) is 23.4 Å². The molecule has 0 saturated heterocycles. The van der Waals surface area contributed by atoms with E-state index in [1.807, 2.05) is 48.5 Å². The number of benzene rings is 2.